The van der Waals surface area contributed by atoms with Crippen molar-refractivity contribution in [2.75, 3.05) is 39.5 Å². The third-order valence-corrected chi connectivity index (χ3v) is 5.99. The molecule has 6 heteroatoms. The lowest BCUT2D eigenvalue weighted by Gasteiger charge is -2.37. The lowest BCUT2D eigenvalue weighted by molar-refractivity contribution is 0.0156. The molecule has 1 aliphatic heterocycles. The van der Waals surface area contributed by atoms with Gasteiger partial charge in [-0.3, -0.25) is 9.88 Å². The first-order chi connectivity index (χ1) is 15.2. The number of fused-ring (bicyclic) bond motifs is 1. The zero-order valence-electron chi connectivity index (χ0n) is 17.6. The highest BCUT2D eigenvalue weighted by Crippen LogP contribution is 2.34. The highest BCUT2D eigenvalue weighted by Gasteiger charge is 2.27. The first kappa shape index (κ1) is 21.7. The van der Waals surface area contributed by atoms with Gasteiger partial charge in [0.25, 0.3) is 0 Å². The van der Waals surface area contributed by atoms with Crippen LogP contribution in [0.2, 0.25) is 0 Å². The minimum Gasteiger partial charge on any atom is -0.490 e. The largest absolute Gasteiger partial charge is 0.490 e. The molecule has 0 bridgehead atoms. The lowest BCUT2D eigenvalue weighted by atomic mass is 9.90. The summed E-state index contributed by atoms with van der Waals surface area (Å²) in [4.78, 5) is 6.22. The molecule has 0 amide bonds. The molecule has 0 aliphatic carbocycles. The van der Waals surface area contributed by atoms with Gasteiger partial charge in [0.05, 0.1) is 0 Å². The quantitative estimate of drug-likeness (QED) is 0.517. The van der Waals surface area contributed by atoms with Crippen LogP contribution in [0.1, 0.15) is 6.42 Å². The summed E-state index contributed by atoms with van der Waals surface area (Å²) in [7, 11) is 0. The Morgan fingerprint density at radius 2 is 1.61 bits per heavy atom. The summed E-state index contributed by atoms with van der Waals surface area (Å²) in [6, 6.07) is 16.1. The van der Waals surface area contributed by atoms with E-state index in [0.717, 1.165) is 47.2 Å². The first-order valence-corrected chi connectivity index (χ1v) is 10.8. The SMILES string of the molecule is OC[C@@H]1C[C@H](CO)CN(CC(O)COc2ccc(-c3ccncc3)c3ccccc23)C1. The van der Waals surface area contributed by atoms with E-state index >= 15 is 0 Å². The van der Waals surface area contributed by atoms with Crippen LogP contribution in [0.25, 0.3) is 21.9 Å². The monoisotopic (exact) mass is 422 g/mol. The van der Waals surface area contributed by atoms with Crippen molar-refractivity contribution in [3.8, 4) is 16.9 Å². The molecule has 3 aromatic rings. The van der Waals surface area contributed by atoms with Crippen molar-refractivity contribution in [1.82, 2.24) is 9.88 Å². The molecular weight excluding hydrogens is 392 g/mol. The second kappa shape index (κ2) is 10.2. The van der Waals surface area contributed by atoms with E-state index in [1.54, 1.807) is 12.4 Å². The van der Waals surface area contributed by atoms with Crippen molar-refractivity contribution < 1.29 is 20.1 Å². The normalized spacial score (nSPS) is 20.6. The molecule has 1 unspecified atom stereocenters. The highest BCUT2D eigenvalue weighted by molar-refractivity contribution is 6.00. The molecule has 1 aliphatic rings. The van der Waals surface area contributed by atoms with E-state index in [1.807, 2.05) is 42.5 Å². The number of piperidine rings is 1. The van der Waals surface area contributed by atoms with Crippen LogP contribution in [0.4, 0.5) is 0 Å². The zero-order chi connectivity index (χ0) is 21.6. The number of hydrogen-bond donors (Lipinski definition) is 3. The summed E-state index contributed by atoms with van der Waals surface area (Å²) >= 11 is 0. The molecule has 3 N–H and O–H groups in total. The molecule has 2 aromatic carbocycles. The molecule has 3 atom stereocenters. The number of pyridine rings is 1. The molecular formula is C25H30N2O4. The van der Waals surface area contributed by atoms with E-state index in [9.17, 15) is 15.3 Å². The van der Waals surface area contributed by atoms with Crippen LogP contribution in [-0.2, 0) is 0 Å². The molecule has 4 rings (SSSR count). The van der Waals surface area contributed by atoms with E-state index in [0.29, 0.717) is 6.54 Å². The Balaban J connectivity index is 1.44. The van der Waals surface area contributed by atoms with E-state index < -0.39 is 6.10 Å². The Bertz CT molecular complexity index is 970. The van der Waals surface area contributed by atoms with Crippen molar-refractivity contribution in [2.24, 2.45) is 11.8 Å². The number of rotatable bonds is 8. The van der Waals surface area contributed by atoms with Gasteiger partial charge in [-0.15, -0.1) is 0 Å². The number of aromatic nitrogens is 1. The van der Waals surface area contributed by atoms with Gasteiger partial charge >= 0.3 is 0 Å². The van der Waals surface area contributed by atoms with Gasteiger partial charge in [-0.05, 0) is 53.0 Å². The van der Waals surface area contributed by atoms with Crippen LogP contribution in [-0.4, -0.2) is 70.8 Å². The summed E-state index contributed by atoms with van der Waals surface area (Å²) < 4.78 is 6.03. The number of nitrogens with zero attached hydrogens (tertiary/aromatic N) is 2. The number of aliphatic hydroxyl groups is 3. The van der Waals surface area contributed by atoms with Gasteiger partial charge in [0.1, 0.15) is 18.5 Å². The fourth-order valence-electron chi connectivity index (χ4n) is 4.56. The third-order valence-electron chi connectivity index (χ3n) is 5.99. The van der Waals surface area contributed by atoms with Crippen LogP contribution in [0.5, 0.6) is 5.75 Å². The Labute approximate surface area is 182 Å². The average Bonchev–Trinajstić information content (AvgIpc) is 2.82. The van der Waals surface area contributed by atoms with Crippen LogP contribution < -0.4 is 4.74 Å². The molecule has 1 aromatic heterocycles. The Kier molecular flexibility index (Phi) is 7.14. The van der Waals surface area contributed by atoms with Crippen LogP contribution >= 0.6 is 0 Å². The summed E-state index contributed by atoms with van der Waals surface area (Å²) in [5.41, 5.74) is 2.21. The van der Waals surface area contributed by atoms with Crippen LogP contribution in [0.3, 0.4) is 0 Å². The summed E-state index contributed by atoms with van der Waals surface area (Å²) in [6.45, 7) is 2.31. The second-order valence-corrected chi connectivity index (χ2v) is 8.41. The van der Waals surface area contributed by atoms with E-state index in [-0.39, 0.29) is 31.7 Å². The third kappa shape index (κ3) is 5.22. The van der Waals surface area contributed by atoms with E-state index in [1.165, 1.54) is 0 Å². The van der Waals surface area contributed by atoms with Crippen molar-refractivity contribution in [1.29, 1.82) is 0 Å². The number of benzene rings is 2. The number of ether oxygens (including phenoxy) is 1. The molecule has 0 saturated carbocycles. The molecule has 31 heavy (non-hydrogen) atoms. The van der Waals surface area contributed by atoms with Crippen LogP contribution in [0.15, 0.2) is 60.9 Å². The standard InChI is InChI=1S/C25H30N2O4/c28-15-18-11-19(16-29)13-27(12-18)14-21(30)17-31-25-6-5-22(20-7-9-26-10-8-20)23-3-1-2-4-24(23)25/h1-10,18-19,21,28-30H,11-17H2/t18-,19+,21?. The fourth-order valence-corrected chi connectivity index (χ4v) is 4.56. The number of likely N-dealkylation sites (tertiary alicyclic amines) is 1. The molecule has 6 nitrogen and oxygen atoms in total. The minimum absolute atomic E-state index is 0.107. The Morgan fingerprint density at radius 1 is 0.935 bits per heavy atom. The molecule has 164 valence electrons. The molecule has 1 fully saturated rings. The second-order valence-electron chi connectivity index (χ2n) is 8.41. The van der Waals surface area contributed by atoms with Crippen molar-refractivity contribution in [3.63, 3.8) is 0 Å². The topological polar surface area (TPSA) is 86.1 Å². The fraction of sp³-hybridized carbons (Fsp3) is 0.400. The van der Waals surface area contributed by atoms with Gasteiger partial charge in [-0.1, -0.05) is 30.3 Å². The molecule has 0 spiro atoms. The summed E-state index contributed by atoms with van der Waals surface area (Å²) in [5, 5.41) is 31.7. The molecule has 2 heterocycles. The van der Waals surface area contributed by atoms with Crippen LogP contribution in [0, 0.1) is 11.8 Å². The summed E-state index contributed by atoms with van der Waals surface area (Å²) in [5.74, 6) is 1.03. The highest BCUT2D eigenvalue weighted by atomic mass is 16.5. The van der Waals surface area contributed by atoms with Crippen molar-refractivity contribution >= 4 is 10.8 Å². The predicted molar refractivity (Wildman–Crippen MR) is 121 cm³/mol. The predicted octanol–water partition coefficient (Wildman–Crippen LogP) is 2.56. The van der Waals surface area contributed by atoms with E-state index in [4.69, 9.17) is 4.74 Å². The van der Waals surface area contributed by atoms with E-state index in [2.05, 4.69) is 16.0 Å². The Morgan fingerprint density at radius 3 is 2.29 bits per heavy atom. The van der Waals surface area contributed by atoms with Gasteiger partial charge in [-0.2, -0.15) is 0 Å². The van der Waals surface area contributed by atoms with Gasteiger partial charge in [0, 0.05) is 50.6 Å². The number of aliphatic hydroxyl groups excluding tert-OH is 3. The number of β-amino-alcohol motifs (C(OH)–C–C–N with tert-alkyl or cyclic N) is 1. The first-order valence-electron chi connectivity index (χ1n) is 10.8. The number of hydrogen-bond acceptors (Lipinski definition) is 6. The Hall–Kier alpha value is -2.51. The maximum atomic E-state index is 10.6. The lowest BCUT2D eigenvalue weighted by Crippen LogP contribution is -2.46. The van der Waals surface area contributed by atoms with Gasteiger partial charge < -0.3 is 20.1 Å². The smallest absolute Gasteiger partial charge is 0.127 e. The molecule has 1 saturated heterocycles. The van der Waals surface area contributed by atoms with Crippen molar-refractivity contribution in [2.45, 2.75) is 12.5 Å². The maximum Gasteiger partial charge on any atom is 0.127 e. The van der Waals surface area contributed by atoms with Gasteiger partial charge in [0.2, 0.25) is 0 Å². The minimum atomic E-state index is -0.657. The maximum absolute atomic E-state index is 10.6. The average molecular weight is 423 g/mol. The molecule has 0 radical (unpaired) electrons. The van der Waals surface area contributed by atoms with Gasteiger partial charge in [0.15, 0.2) is 0 Å². The van der Waals surface area contributed by atoms with Crippen molar-refractivity contribution in [3.05, 3.63) is 60.9 Å². The summed E-state index contributed by atoms with van der Waals surface area (Å²) in [6.07, 6.45) is 3.74. The van der Waals surface area contributed by atoms with Gasteiger partial charge in [-0.25, -0.2) is 0 Å². The zero-order valence-corrected chi connectivity index (χ0v) is 17.6.